The van der Waals surface area contributed by atoms with Gasteiger partial charge in [-0.3, -0.25) is 0 Å². The highest BCUT2D eigenvalue weighted by atomic mass is 35.5. The Morgan fingerprint density at radius 1 is 0.543 bits per heavy atom. The maximum absolute atomic E-state index is 6.22. The van der Waals surface area contributed by atoms with Gasteiger partial charge in [0.2, 0.25) is 11.0 Å². The second-order valence-corrected chi connectivity index (χ2v) is 9.65. The second kappa shape index (κ2) is 12.7. The minimum Gasteiger partial charge on any atom is -0.398 e. The molecule has 4 rings (SSSR count). The first-order valence-corrected chi connectivity index (χ1v) is 12.9. The van der Waals surface area contributed by atoms with Crippen LogP contribution >= 0.6 is 12.4 Å². The average molecular weight is 493 g/mol. The molecule has 0 saturated heterocycles. The van der Waals surface area contributed by atoms with Gasteiger partial charge in [-0.1, -0.05) is 49.9 Å². The molecule has 0 aliphatic carbocycles. The van der Waals surface area contributed by atoms with Crippen LogP contribution in [-0.4, -0.2) is 0 Å². The summed E-state index contributed by atoms with van der Waals surface area (Å²) in [6.45, 7) is 6.46. The first kappa shape index (κ1) is 26.7. The molecule has 0 aliphatic rings. The lowest BCUT2D eigenvalue weighted by Gasteiger charge is -2.08. The third-order valence-electron chi connectivity index (χ3n) is 7.11. The van der Waals surface area contributed by atoms with Crippen molar-refractivity contribution in [3.63, 3.8) is 0 Å². The van der Waals surface area contributed by atoms with Gasteiger partial charge >= 0.3 is 0 Å². The van der Waals surface area contributed by atoms with Crippen LogP contribution in [0.15, 0.2) is 60.7 Å². The van der Waals surface area contributed by atoms with Gasteiger partial charge in [0, 0.05) is 51.0 Å². The number of anilines is 2. The van der Waals surface area contributed by atoms with Crippen LogP contribution in [0.25, 0.3) is 21.8 Å². The molecule has 35 heavy (non-hydrogen) atoms. The minimum absolute atomic E-state index is 0. The molecule has 0 saturated carbocycles. The molecule has 2 heterocycles. The van der Waals surface area contributed by atoms with Crippen molar-refractivity contribution in [3.05, 3.63) is 72.1 Å². The number of hydrogen-bond donors (Lipinski definition) is 2. The molecule has 2 aromatic heterocycles. The number of benzene rings is 2. The molecule has 2 aromatic carbocycles. The number of unbranched alkanes of at least 4 members (excludes halogenated alkanes) is 7. The topological polar surface area (TPSA) is 59.8 Å². The summed E-state index contributed by atoms with van der Waals surface area (Å²) in [6, 6.07) is 21.2. The Bertz CT molecular complexity index is 1170. The van der Waals surface area contributed by atoms with E-state index in [0.717, 1.165) is 35.2 Å². The maximum atomic E-state index is 6.22. The number of rotatable bonds is 11. The van der Waals surface area contributed by atoms with Crippen molar-refractivity contribution in [3.8, 4) is 0 Å². The lowest BCUT2D eigenvalue weighted by atomic mass is 10.1. The Kier molecular flexibility index (Phi) is 9.73. The Hall–Kier alpha value is -2.85. The number of fused-ring (bicyclic) bond motifs is 2. The average Bonchev–Trinajstić information content (AvgIpc) is 2.83. The smallest absolute Gasteiger partial charge is 0.214 e. The zero-order valence-electron chi connectivity index (χ0n) is 21.3. The normalized spacial score (nSPS) is 11.1. The van der Waals surface area contributed by atoms with Gasteiger partial charge in [0.05, 0.1) is 22.1 Å². The number of aromatic nitrogens is 2. The quantitative estimate of drug-likeness (QED) is 0.183. The van der Waals surface area contributed by atoms with Gasteiger partial charge in [0.15, 0.2) is 11.4 Å². The van der Waals surface area contributed by atoms with Crippen LogP contribution in [0.1, 0.15) is 62.8 Å². The van der Waals surface area contributed by atoms with E-state index in [1.54, 1.807) is 0 Å². The highest BCUT2D eigenvalue weighted by Gasteiger charge is 2.15. The van der Waals surface area contributed by atoms with E-state index in [2.05, 4.69) is 83.6 Å². The van der Waals surface area contributed by atoms with E-state index >= 15 is 0 Å². The third-order valence-corrected chi connectivity index (χ3v) is 7.11. The molecule has 0 bridgehead atoms. The predicted molar refractivity (Wildman–Crippen MR) is 151 cm³/mol. The summed E-state index contributed by atoms with van der Waals surface area (Å²) in [5, 5.41) is 2.32. The minimum atomic E-state index is 0. The van der Waals surface area contributed by atoms with Crippen LogP contribution in [0.3, 0.4) is 0 Å². The summed E-state index contributed by atoms with van der Waals surface area (Å²) >= 11 is 0. The molecule has 0 amide bonds. The van der Waals surface area contributed by atoms with Gasteiger partial charge in [-0.2, -0.15) is 9.13 Å². The molecule has 0 atom stereocenters. The van der Waals surface area contributed by atoms with Crippen LogP contribution in [0, 0.1) is 13.8 Å². The molecule has 5 heteroatoms. The van der Waals surface area contributed by atoms with E-state index in [0.29, 0.717) is 0 Å². The van der Waals surface area contributed by atoms with Crippen LogP contribution < -0.4 is 20.6 Å². The number of aryl methyl sites for hydroxylation is 4. The third kappa shape index (κ3) is 6.43. The van der Waals surface area contributed by atoms with Crippen molar-refractivity contribution in [2.45, 2.75) is 78.3 Å². The molecular formula is C30H41ClN4+2. The van der Waals surface area contributed by atoms with E-state index in [-0.39, 0.29) is 12.4 Å². The highest BCUT2D eigenvalue weighted by Crippen LogP contribution is 2.20. The predicted octanol–water partition coefficient (Wildman–Crippen LogP) is 6.59. The van der Waals surface area contributed by atoms with E-state index in [9.17, 15) is 0 Å². The Morgan fingerprint density at radius 3 is 1.29 bits per heavy atom. The summed E-state index contributed by atoms with van der Waals surface area (Å²) in [5.41, 5.74) is 19.2. The van der Waals surface area contributed by atoms with Gasteiger partial charge in [0.25, 0.3) is 0 Å². The Morgan fingerprint density at radius 2 is 0.886 bits per heavy atom. The second-order valence-electron chi connectivity index (χ2n) is 9.65. The van der Waals surface area contributed by atoms with Crippen molar-refractivity contribution in [1.29, 1.82) is 0 Å². The van der Waals surface area contributed by atoms with E-state index in [1.165, 1.54) is 73.8 Å². The van der Waals surface area contributed by atoms with Gasteiger partial charge in [-0.25, -0.2) is 0 Å². The molecule has 0 aliphatic heterocycles. The number of para-hydroxylation sites is 2. The van der Waals surface area contributed by atoms with Crippen LogP contribution in [0.5, 0.6) is 0 Å². The number of pyridine rings is 2. The Balaban J connectivity index is 0.00000342. The first-order valence-electron chi connectivity index (χ1n) is 12.9. The fraction of sp³-hybridized carbons (Fsp3) is 0.400. The zero-order valence-corrected chi connectivity index (χ0v) is 22.1. The SMILES string of the molecule is Cc1cc(N)c2ccccc2[n+]1CCCCCCCCCC[n+]1c(C)cc(N)c2ccccc21.Cl. The molecule has 4 nitrogen and oxygen atoms in total. The molecule has 0 radical (unpaired) electrons. The lowest BCUT2D eigenvalue weighted by molar-refractivity contribution is -0.678. The van der Waals surface area contributed by atoms with Gasteiger partial charge < -0.3 is 11.5 Å². The van der Waals surface area contributed by atoms with Gasteiger partial charge in [-0.05, 0) is 25.0 Å². The molecule has 4 N–H and O–H groups in total. The van der Waals surface area contributed by atoms with Crippen LogP contribution in [0.4, 0.5) is 11.4 Å². The van der Waals surface area contributed by atoms with Crippen molar-refractivity contribution in [1.82, 2.24) is 0 Å². The molecule has 0 unspecified atom stereocenters. The monoisotopic (exact) mass is 492 g/mol. The summed E-state index contributed by atoms with van der Waals surface area (Å²) in [7, 11) is 0. The molecule has 0 spiro atoms. The number of nitrogen functional groups attached to an aromatic ring is 2. The molecule has 186 valence electrons. The Labute approximate surface area is 216 Å². The van der Waals surface area contributed by atoms with Gasteiger partial charge in [-0.15, -0.1) is 12.4 Å². The van der Waals surface area contributed by atoms with Gasteiger partial charge in [0.1, 0.15) is 13.1 Å². The fourth-order valence-electron chi connectivity index (χ4n) is 5.24. The fourth-order valence-corrected chi connectivity index (χ4v) is 5.24. The highest BCUT2D eigenvalue weighted by molar-refractivity contribution is 5.88. The summed E-state index contributed by atoms with van der Waals surface area (Å²) in [4.78, 5) is 0. The van der Waals surface area contributed by atoms with Crippen molar-refractivity contribution in [2.75, 3.05) is 11.5 Å². The first-order chi connectivity index (χ1) is 16.6. The summed E-state index contributed by atoms with van der Waals surface area (Å²) in [6.07, 6.45) is 10.3. The van der Waals surface area contributed by atoms with E-state index in [4.69, 9.17) is 11.5 Å². The summed E-state index contributed by atoms with van der Waals surface area (Å²) < 4.78 is 4.85. The van der Waals surface area contributed by atoms with E-state index < -0.39 is 0 Å². The number of hydrogen-bond acceptors (Lipinski definition) is 2. The molecule has 4 aromatic rings. The standard InChI is InChI=1S/C30H38N4.ClH/c1-23-21-27(31)25-15-9-11-17-29(25)33(23)19-13-7-5-3-4-6-8-14-20-34-24(2)22-28(32)26-16-10-12-18-30(26)34;/h9-12,15-18,21-22,31-32H,3-8,13-14,19-20H2,1-2H3;1H/p+2. The molecule has 0 fully saturated rings. The van der Waals surface area contributed by atoms with Crippen molar-refractivity contribution in [2.24, 2.45) is 0 Å². The number of nitrogens with two attached hydrogens (primary N) is 2. The largest absolute Gasteiger partial charge is 0.398 e. The lowest BCUT2D eigenvalue weighted by Crippen LogP contribution is -2.38. The maximum Gasteiger partial charge on any atom is 0.214 e. The molecular weight excluding hydrogens is 452 g/mol. The van der Waals surface area contributed by atoms with Crippen molar-refractivity contribution < 1.29 is 9.13 Å². The van der Waals surface area contributed by atoms with Crippen LogP contribution in [0.2, 0.25) is 0 Å². The van der Waals surface area contributed by atoms with Crippen molar-refractivity contribution >= 4 is 45.6 Å². The van der Waals surface area contributed by atoms with E-state index in [1.807, 2.05) is 0 Å². The van der Waals surface area contributed by atoms with Crippen LogP contribution in [-0.2, 0) is 13.1 Å². The zero-order chi connectivity index (χ0) is 23.9. The summed E-state index contributed by atoms with van der Waals surface area (Å²) in [5.74, 6) is 0. The number of nitrogens with zero attached hydrogens (tertiary/aromatic N) is 2. The number of halogens is 1.